The van der Waals surface area contributed by atoms with E-state index in [2.05, 4.69) is 0 Å². The Labute approximate surface area is 102 Å². The number of allylic oxidation sites excluding steroid dienone is 1. The van der Waals surface area contributed by atoms with Crippen LogP contribution in [-0.2, 0) is 11.2 Å². The molecule has 96 valence electrons. The molecule has 2 nitrogen and oxygen atoms in total. The molecule has 1 aromatic rings. The van der Waals surface area contributed by atoms with E-state index in [9.17, 15) is 18.0 Å². The zero-order chi connectivity index (χ0) is 13.2. The third-order valence-corrected chi connectivity index (χ3v) is 2.90. The summed E-state index contributed by atoms with van der Waals surface area (Å²) in [5.74, 6) is -1.90. The topological polar surface area (TPSA) is 29.1 Å². The molecule has 0 atom stereocenters. The minimum atomic E-state index is -4.81. The third-order valence-electron chi connectivity index (χ3n) is 2.90. The highest BCUT2D eigenvalue weighted by atomic mass is 19.4. The summed E-state index contributed by atoms with van der Waals surface area (Å²) in [6.07, 6.45) is -1.46. The van der Waals surface area contributed by atoms with E-state index in [-0.39, 0.29) is 6.54 Å². The molecule has 0 saturated heterocycles. The summed E-state index contributed by atoms with van der Waals surface area (Å²) in [7, 11) is 0. The second-order valence-corrected chi connectivity index (χ2v) is 4.09. The van der Waals surface area contributed by atoms with E-state index < -0.39 is 12.1 Å². The van der Waals surface area contributed by atoms with Crippen LogP contribution in [0.15, 0.2) is 30.3 Å². The first-order chi connectivity index (χ1) is 8.48. The lowest BCUT2D eigenvalue weighted by molar-refractivity contribution is -0.173. The Morgan fingerprint density at radius 2 is 2.00 bits per heavy atom. The lowest BCUT2D eigenvalue weighted by Gasteiger charge is -2.06. The molecule has 0 fully saturated rings. The molecule has 0 aromatic heterocycles. The number of halogens is 3. The number of benzene rings is 1. The van der Waals surface area contributed by atoms with E-state index in [1.54, 1.807) is 6.08 Å². The highest BCUT2D eigenvalue weighted by molar-refractivity contribution is 5.82. The Hall–Kier alpha value is -1.78. The molecule has 0 bridgehead atoms. The maximum atomic E-state index is 12.0. The molecule has 2 rings (SSSR count). The summed E-state index contributed by atoms with van der Waals surface area (Å²) in [5, 5.41) is 1.84. The van der Waals surface area contributed by atoms with Crippen molar-refractivity contribution in [2.75, 3.05) is 6.54 Å². The minimum absolute atomic E-state index is 0.0952. The van der Waals surface area contributed by atoms with E-state index in [0.29, 0.717) is 0 Å². The molecule has 0 aliphatic heterocycles. The number of carbonyl (C=O) groups excluding carboxylic acids is 1. The molecule has 5 heteroatoms. The van der Waals surface area contributed by atoms with E-state index in [4.69, 9.17) is 0 Å². The van der Waals surface area contributed by atoms with Crippen LogP contribution in [-0.4, -0.2) is 18.6 Å². The summed E-state index contributed by atoms with van der Waals surface area (Å²) in [4.78, 5) is 10.6. The highest BCUT2D eigenvalue weighted by Crippen LogP contribution is 2.31. The third kappa shape index (κ3) is 2.72. The van der Waals surface area contributed by atoms with Crippen molar-refractivity contribution in [1.82, 2.24) is 5.32 Å². The fourth-order valence-corrected chi connectivity index (χ4v) is 2.03. The van der Waals surface area contributed by atoms with Gasteiger partial charge in [-0.2, -0.15) is 13.2 Å². The summed E-state index contributed by atoms with van der Waals surface area (Å²) < 4.78 is 35.9. The number of hydrogen-bond acceptors (Lipinski definition) is 1. The standard InChI is InChI=1S/C13H12F3NO/c14-13(15,16)12(18)17-8-7-10-6-5-9-3-1-2-4-11(9)10/h1-4,7H,5-6,8H2,(H,17,18)/b10-7-. The smallest absolute Gasteiger partial charge is 0.345 e. The SMILES string of the molecule is O=C(NC/C=C1/CCc2ccccc21)C(F)(F)F. The largest absolute Gasteiger partial charge is 0.471 e. The monoisotopic (exact) mass is 255 g/mol. The van der Waals surface area contributed by atoms with Gasteiger partial charge in [0, 0.05) is 6.54 Å². The van der Waals surface area contributed by atoms with Crippen LogP contribution in [0.5, 0.6) is 0 Å². The summed E-state index contributed by atoms with van der Waals surface area (Å²) in [5.41, 5.74) is 3.26. The van der Waals surface area contributed by atoms with Crippen molar-refractivity contribution in [3.63, 3.8) is 0 Å². The first kappa shape index (κ1) is 12.7. The quantitative estimate of drug-likeness (QED) is 0.865. The van der Waals surface area contributed by atoms with E-state index in [1.807, 2.05) is 29.6 Å². The van der Waals surface area contributed by atoms with Gasteiger partial charge in [0.25, 0.3) is 0 Å². The maximum absolute atomic E-state index is 12.0. The van der Waals surface area contributed by atoms with Crippen molar-refractivity contribution in [1.29, 1.82) is 0 Å². The van der Waals surface area contributed by atoms with Gasteiger partial charge in [0.1, 0.15) is 0 Å². The first-order valence-corrected chi connectivity index (χ1v) is 5.61. The fourth-order valence-electron chi connectivity index (χ4n) is 2.03. The second kappa shape index (κ2) is 4.84. The summed E-state index contributed by atoms with van der Waals surface area (Å²) >= 11 is 0. The van der Waals surface area contributed by atoms with Crippen molar-refractivity contribution in [2.45, 2.75) is 19.0 Å². The predicted octanol–water partition coefficient (Wildman–Crippen LogP) is 2.69. The maximum Gasteiger partial charge on any atom is 0.471 e. The molecule has 1 amide bonds. The number of aryl methyl sites for hydroxylation is 1. The summed E-state index contributed by atoms with van der Waals surface area (Å²) in [6, 6.07) is 7.78. The minimum Gasteiger partial charge on any atom is -0.345 e. The van der Waals surface area contributed by atoms with Crippen molar-refractivity contribution >= 4 is 11.5 Å². The van der Waals surface area contributed by atoms with Gasteiger partial charge in [0.15, 0.2) is 0 Å². The van der Waals surface area contributed by atoms with Gasteiger partial charge in [-0.1, -0.05) is 30.3 Å². The molecule has 1 aliphatic rings. The first-order valence-electron chi connectivity index (χ1n) is 5.61. The Balaban J connectivity index is 1.99. The lowest BCUT2D eigenvalue weighted by atomic mass is 10.1. The fraction of sp³-hybridized carbons (Fsp3) is 0.308. The van der Waals surface area contributed by atoms with Crippen LogP contribution in [0.3, 0.4) is 0 Å². The van der Waals surface area contributed by atoms with Gasteiger partial charge in [-0.05, 0) is 29.5 Å². The van der Waals surface area contributed by atoms with Crippen LogP contribution in [0.2, 0.25) is 0 Å². The Kier molecular flexibility index (Phi) is 3.41. The molecule has 1 N–H and O–H groups in total. The predicted molar refractivity (Wildman–Crippen MR) is 61.8 cm³/mol. The number of alkyl halides is 3. The van der Waals surface area contributed by atoms with Crippen LogP contribution in [0, 0.1) is 0 Å². The number of nitrogens with one attached hydrogen (secondary N) is 1. The zero-order valence-electron chi connectivity index (χ0n) is 9.55. The second-order valence-electron chi connectivity index (χ2n) is 4.09. The van der Waals surface area contributed by atoms with Gasteiger partial charge in [-0.25, -0.2) is 0 Å². The van der Waals surface area contributed by atoms with Crippen LogP contribution >= 0.6 is 0 Å². The average Bonchev–Trinajstić information content (AvgIpc) is 2.71. The van der Waals surface area contributed by atoms with Crippen molar-refractivity contribution < 1.29 is 18.0 Å². The van der Waals surface area contributed by atoms with Crippen LogP contribution in [0.1, 0.15) is 17.5 Å². The van der Waals surface area contributed by atoms with Crippen molar-refractivity contribution in [3.05, 3.63) is 41.5 Å². The van der Waals surface area contributed by atoms with E-state index >= 15 is 0 Å². The van der Waals surface area contributed by atoms with Crippen LogP contribution in [0.4, 0.5) is 13.2 Å². The molecule has 0 saturated carbocycles. The Morgan fingerprint density at radius 1 is 1.28 bits per heavy atom. The molecule has 0 spiro atoms. The number of amides is 1. The van der Waals surface area contributed by atoms with Gasteiger partial charge < -0.3 is 5.32 Å². The number of fused-ring (bicyclic) bond motifs is 1. The molecule has 0 heterocycles. The molecule has 1 aromatic carbocycles. The Morgan fingerprint density at radius 3 is 2.72 bits per heavy atom. The van der Waals surface area contributed by atoms with E-state index in [0.717, 1.165) is 24.0 Å². The molecule has 0 unspecified atom stereocenters. The van der Waals surface area contributed by atoms with Gasteiger partial charge in [0.05, 0.1) is 0 Å². The van der Waals surface area contributed by atoms with E-state index in [1.165, 1.54) is 5.56 Å². The van der Waals surface area contributed by atoms with Gasteiger partial charge in [-0.15, -0.1) is 0 Å². The van der Waals surface area contributed by atoms with Crippen molar-refractivity contribution in [3.8, 4) is 0 Å². The highest BCUT2D eigenvalue weighted by Gasteiger charge is 2.38. The van der Waals surface area contributed by atoms with Crippen LogP contribution < -0.4 is 5.32 Å². The van der Waals surface area contributed by atoms with Crippen LogP contribution in [0.25, 0.3) is 5.57 Å². The lowest BCUT2D eigenvalue weighted by Crippen LogP contribution is -2.36. The number of carbonyl (C=O) groups is 1. The molecule has 0 radical (unpaired) electrons. The Bertz CT molecular complexity index is 491. The number of rotatable bonds is 2. The number of hydrogen-bond donors (Lipinski definition) is 1. The van der Waals surface area contributed by atoms with Gasteiger partial charge in [0.2, 0.25) is 0 Å². The van der Waals surface area contributed by atoms with Gasteiger partial charge >= 0.3 is 12.1 Å². The summed E-state index contributed by atoms with van der Waals surface area (Å²) in [6.45, 7) is -0.0952. The zero-order valence-corrected chi connectivity index (χ0v) is 9.55. The van der Waals surface area contributed by atoms with Crippen molar-refractivity contribution in [2.24, 2.45) is 0 Å². The molecular formula is C13H12F3NO. The molecule has 1 aliphatic carbocycles. The average molecular weight is 255 g/mol. The normalized spacial score (nSPS) is 16.7. The molecular weight excluding hydrogens is 243 g/mol. The molecule has 18 heavy (non-hydrogen) atoms. The van der Waals surface area contributed by atoms with Gasteiger partial charge in [-0.3, -0.25) is 4.79 Å².